The number of hydrogen-bond acceptors (Lipinski definition) is 6. The molecule has 1 aliphatic carbocycles. The molecule has 2 aromatic rings. The van der Waals surface area contributed by atoms with Crippen LogP contribution in [0.2, 0.25) is 5.02 Å². The molecule has 0 radical (unpaired) electrons. The Morgan fingerprint density at radius 1 is 1.12 bits per heavy atom. The maximum atomic E-state index is 13.4. The Morgan fingerprint density at radius 3 is 2.45 bits per heavy atom. The van der Waals surface area contributed by atoms with Crippen molar-refractivity contribution in [3.8, 4) is 17.6 Å². The fraction of sp³-hybridized carbons (Fsp3) is 0.308. The number of methoxy groups -OCH3 is 1. The summed E-state index contributed by atoms with van der Waals surface area (Å²) in [6, 6.07) is 15.0. The van der Waals surface area contributed by atoms with Gasteiger partial charge in [-0.05, 0) is 54.7 Å². The number of benzene rings is 2. The van der Waals surface area contributed by atoms with Crippen LogP contribution in [0.4, 0.5) is 0 Å². The van der Waals surface area contributed by atoms with Crippen molar-refractivity contribution in [2.75, 3.05) is 7.11 Å². The van der Waals surface area contributed by atoms with Crippen molar-refractivity contribution in [2.24, 2.45) is 10.9 Å². The average Bonchev–Trinajstić information content (AvgIpc) is 2.78. The highest BCUT2D eigenvalue weighted by Crippen LogP contribution is 2.47. The molecule has 0 N–H and O–H groups in total. The molecule has 3 atom stereocenters. The second kappa shape index (κ2) is 9.21. The summed E-state index contributed by atoms with van der Waals surface area (Å²) in [6.45, 7) is 3.14. The van der Waals surface area contributed by atoms with E-state index in [0.717, 1.165) is 16.8 Å². The lowest BCUT2D eigenvalue weighted by Crippen LogP contribution is -2.32. The van der Waals surface area contributed by atoms with Gasteiger partial charge in [0.1, 0.15) is 0 Å². The topological polar surface area (TPSA) is 88.8 Å². The number of allylic oxidation sites excluding steroid dienone is 2. The van der Waals surface area contributed by atoms with E-state index in [1.807, 2.05) is 31.2 Å². The number of nitriles is 1. The molecule has 0 saturated heterocycles. The highest BCUT2D eigenvalue weighted by atomic mass is 35.5. The summed E-state index contributed by atoms with van der Waals surface area (Å²) in [5, 5.41) is 10.6. The van der Waals surface area contributed by atoms with Gasteiger partial charge in [0.15, 0.2) is 17.3 Å². The zero-order valence-corrected chi connectivity index (χ0v) is 19.3. The Kier molecular flexibility index (Phi) is 6.35. The number of carbonyl (C=O) groups excluding carboxylic acids is 2. The van der Waals surface area contributed by atoms with Crippen molar-refractivity contribution in [2.45, 2.75) is 38.5 Å². The Bertz CT molecular complexity index is 1220. The molecule has 0 bridgehead atoms. The van der Waals surface area contributed by atoms with E-state index < -0.39 is 17.8 Å². The van der Waals surface area contributed by atoms with E-state index in [4.69, 9.17) is 26.1 Å². The molecule has 7 heteroatoms. The standard InChI is InChI=1S/C26H23ClN2O4/c1-14-20(13-28)25(17-6-9-23(33-15(2)30)24(12-17)32-3)26-21(29-14)10-18(11-22(26)31)16-4-7-19(27)8-5-16/h4-9,12,18,20,25H,10-11H2,1-3H3/t18-,20?,25+/m1/s1. The van der Waals surface area contributed by atoms with E-state index in [1.165, 1.54) is 14.0 Å². The zero-order valence-electron chi connectivity index (χ0n) is 18.6. The minimum Gasteiger partial charge on any atom is -0.493 e. The van der Waals surface area contributed by atoms with Gasteiger partial charge in [0, 0.05) is 41.3 Å². The normalized spacial score (nSPS) is 22.2. The van der Waals surface area contributed by atoms with Gasteiger partial charge < -0.3 is 9.47 Å². The Balaban J connectivity index is 1.77. The Labute approximate surface area is 197 Å². The lowest BCUT2D eigenvalue weighted by molar-refractivity contribution is -0.132. The number of Topliss-reactive ketones (excluding diaryl/α,β-unsaturated/α-hetero) is 1. The molecule has 0 spiro atoms. The third-order valence-electron chi connectivity index (χ3n) is 6.17. The van der Waals surface area contributed by atoms with Gasteiger partial charge in [0.25, 0.3) is 0 Å². The van der Waals surface area contributed by atoms with Crippen LogP contribution in [0.15, 0.2) is 58.7 Å². The van der Waals surface area contributed by atoms with Crippen LogP contribution in [0, 0.1) is 17.2 Å². The van der Waals surface area contributed by atoms with Crippen LogP contribution in [0.5, 0.6) is 11.5 Å². The highest BCUT2D eigenvalue weighted by Gasteiger charge is 2.41. The molecular weight excluding hydrogens is 440 g/mol. The van der Waals surface area contributed by atoms with Crippen LogP contribution in [-0.4, -0.2) is 24.6 Å². The van der Waals surface area contributed by atoms with Crippen molar-refractivity contribution in [3.63, 3.8) is 0 Å². The maximum absolute atomic E-state index is 13.4. The monoisotopic (exact) mass is 462 g/mol. The number of aliphatic imine (C=N–C) groups is 1. The first-order chi connectivity index (χ1) is 15.8. The van der Waals surface area contributed by atoms with Gasteiger partial charge in [-0.1, -0.05) is 29.8 Å². The zero-order chi connectivity index (χ0) is 23.7. The van der Waals surface area contributed by atoms with Crippen molar-refractivity contribution in [1.29, 1.82) is 5.26 Å². The van der Waals surface area contributed by atoms with Gasteiger partial charge in [0.05, 0.1) is 19.1 Å². The second-order valence-electron chi connectivity index (χ2n) is 8.28. The minimum absolute atomic E-state index is 0.00484. The molecule has 6 nitrogen and oxygen atoms in total. The van der Waals surface area contributed by atoms with Crippen LogP contribution in [0.1, 0.15) is 49.7 Å². The van der Waals surface area contributed by atoms with E-state index in [9.17, 15) is 14.9 Å². The van der Waals surface area contributed by atoms with Crippen LogP contribution >= 0.6 is 11.6 Å². The van der Waals surface area contributed by atoms with Gasteiger partial charge in [-0.2, -0.15) is 5.26 Å². The van der Waals surface area contributed by atoms with Crippen molar-refractivity contribution >= 4 is 29.1 Å². The third-order valence-corrected chi connectivity index (χ3v) is 6.42. The van der Waals surface area contributed by atoms with Gasteiger partial charge in [-0.3, -0.25) is 14.6 Å². The van der Waals surface area contributed by atoms with Crippen molar-refractivity contribution < 1.29 is 19.1 Å². The largest absolute Gasteiger partial charge is 0.493 e. The summed E-state index contributed by atoms with van der Waals surface area (Å²) in [7, 11) is 1.48. The third kappa shape index (κ3) is 4.42. The molecule has 1 unspecified atom stereocenters. The maximum Gasteiger partial charge on any atom is 0.308 e. The number of nitrogens with zero attached hydrogens (tertiary/aromatic N) is 2. The molecule has 2 aromatic carbocycles. The number of carbonyl (C=O) groups is 2. The fourth-order valence-electron chi connectivity index (χ4n) is 4.67. The molecule has 0 aromatic heterocycles. The van der Waals surface area contributed by atoms with Gasteiger partial charge in [0.2, 0.25) is 0 Å². The molecule has 33 heavy (non-hydrogen) atoms. The fourth-order valence-corrected chi connectivity index (χ4v) is 4.80. The number of hydrogen-bond donors (Lipinski definition) is 0. The first-order valence-corrected chi connectivity index (χ1v) is 11.0. The van der Waals surface area contributed by atoms with Crippen LogP contribution in [-0.2, 0) is 9.59 Å². The number of halogens is 1. The molecular formula is C26H23ClN2O4. The number of ether oxygens (including phenoxy) is 2. The predicted octanol–water partition coefficient (Wildman–Crippen LogP) is 5.37. The smallest absolute Gasteiger partial charge is 0.308 e. The first kappa shape index (κ1) is 22.8. The number of ketones is 1. The summed E-state index contributed by atoms with van der Waals surface area (Å²) in [5.41, 5.74) is 3.77. The Morgan fingerprint density at radius 2 is 1.82 bits per heavy atom. The van der Waals surface area contributed by atoms with Crippen LogP contribution < -0.4 is 9.47 Å². The molecule has 2 aliphatic rings. The molecule has 1 aliphatic heterocycles. The highest BCUT2D eigenvalue weighted by molar-refractivity contribution is 6.30. The number of rotatable bonds is 4. The molecule has 0 fully saturated rings. The summed E-state index contributed by atoms with van der Waals surface area (Å²) < 4.78 is 10.6. The lowest BCUT2D eigenvalue weighted by atomic mass is 9.69. The predicted molar refractivity (Wildman–Crippen MR) is 125 cm³/mol. The average molecular weight is 463 g/mol. The van der Waals surface area contributed by atoms with Crippen LogP contribution in [0.3, 0.4) is 0 Å². The lowest BCUT2D eigenvalue weighted by Gasteiger charge is -2.35. The molecule has 1 heterocycles. The molecule has 0 amide bonds. The van der Waals surface area contributed by atoms with E-state index in [0.29, 0.717) is 34.9 Å². The quantitative estimate of drug-likeness (QED) is 0.450. The van der Waals surface area contributed by atoms with E-state index >= 15 is 0 Å². The van der Waals surface area contributed by atoms with Gasteiger partial charge in [-0.25, -0.2) is 0 Å². The first-order valence-electron chi connectivity index (χ1n) is 10.6. The van der Waals surface area contributed by atoms with Crippen molar-refractivity contribution in [1.82, 2.24) is 0 Å². The Hall–Kier alpha value is -3.43. The summed E-state index contributed by atoms with van der Waals surface area (Å²) in [6.07, 6.45) is 0.948. The van der Waals surface area contributed by atoms with E-state index in [1.54, 1.807) is 18.2 Å². The number of esters is 1. The van der Waals surface area contributed by atoms with Crippen molar-refractivity contribution in [3.05, 3.63) is 69.9 Å². The van der Waals surface area contributed by atoms with Gasteiger partial charge >= 0.3 is 5.97 Å². The van der Waals surface area contributed by atoms with E-state index in [-0.39, 0.29) is 17.5 Å². The summed E-state index contributed by atoms with van der Waals surface area (Å²) in [4.78, 5) is 29.5. The second-order valence-corrected chi connectivity index (χ2v) is 8.72. The summed E-state index contributed by atoms with van der Waals surface area (Å²) >= 11 is 6.03. The van der Waals surface area contributed by atoms with E-state index in [2.05, 4.69) is 6.07 Å². The molecule has 0 saturated carbocycles. The molecule has 4 rings (SSSR count). The summed E-state index contributed by atoms with van der Waals surface area (Å²) in [5.74, 6) is -0.867. The van der Waals surface area contributed by atoms with Crippen LogP contribution in [0.25, 0.3) is 0 Å². The molecule has 168 valence electrons. The SMILES string of the molecule is COc1cc([C@@H]2C3=C(C[C@@H](c4ccc(Cl)cc4)CC3=O)N=C(C)C2C#N)ccc1OC(C)=O. The van der Waals surface area contributed by atoms with Gasteiger partial charge in [-0.15, -0.1) is 0 Å². The minimum atomic E-state index is -0.580.